The number of nitrogens with one attached hydrogen (secondary N) is 1. The number of hydrogen-bond acceptors (Lipinski definition) is 5. The third-order valence-corrected chi connectivity index (χ3v) is 2.99. The maximum Gasteiger partial charge on any atom is 0.266 e. The van der Waals surface area contributed by atoms with Crippen LogP contribution < -0.4 is 5.32 Å². The number of nitriles is 2. The molecule has 20 heavy (non-hydrogen) atoms. The van der Waals surface area contributed by atoms with Gasteiger partial charge >= 0.3 is 0 Å². The number of amides is 2. The smallest absolute Gasteiger partial charge is 0.266 e. The van der Waals surface area contributed by atoms with Crippen LogP contribution in [0.15, 0.2) is 11.8 Å². The Bertz CT molecular complexity index is 478. The largest absolute Gasteiger partial charge is 0.389 e. The molecule has 106 valence electrons. The van der Waals surface area contributed by atoms with Gasteiger partial charge in [-0.05, 0) is 0 Å². The van der Waals surface area contributed by atoms with Crippen molar-refractivity contribution in [2.24, 2.45) is 0 Å². The van der Waals surface area contributed by atoms with Crippen LogP contribution in [0.4, 0.5) is 0 Å². The Hall–Kier alpha value is -2.54. The molecule has 0 aromatic heterocycles. The van der Waals surface area contributed by atoms with Crippen LogP contribution in [0.25, 0.3) is 0 Å². The molecule has 0 aromatic carbocycles. The van der Waals surface area contributed by atoms with Crippen molar-refractivity contribution in [1.29, 1.82) is 10.5 Å². The van der Waals surface area contributed by atoms with Crippen molar-refractivity contribution in [2.75, 3.05) is 32.7 Å². The SMILES string of the molecule is CC(=O)N1CCN(C(=O)/C(C#N)=C\NCCC#N)CC1. The lowest BCUT2D eigenvalue weighted by Gasteiger charge is -2.34. The molecule has 0 spiro atoms. The van der Waals surface area contributed by atoms with Crippen molar-refractivity contribution in [3.63, 3.8) is 0 Å². The maximum atomic E-state index is 12.1. The molecule has 1 fully saturated rings. The van der Waals surface area contributed by atoms with Crippen LogP contribution in [0, 0.1) is 22.7 Å². The third kappa shape index (κ3) is 4.29. The third-order valence-electron chi connectivity index (χ3n) is 2.99. The van der Waals surface area contributed by atoms with Gasteiger partial charge in [-0.15, -0.1) is 0 Å². The molecule has 0 unspecified atom stereocenters. The van der Waals surface area contributed by atoms with E-state index in [0.717, 1.165) is 0 Å². The highest BCUT2D eigenvalue weighted by Gasteiger charge is 2.24. The van der Waals surface area contributed by atoms with Gasteiger partial charge in [0.05, 0.1) is 12.5 Å². The van der Waals surface area contributed by atoms with E-state index < -0.39 is 0 Å². The summed E-state index contributed by atoms with van der Waals surface area (Å²) in [5, 5.41) is 20.1. The second kappa shape index (κ2) is 7.80. The Morgan fingerprint density at radius 3 is 2.30 bits per heavy atom. The molecular formula is C13H17N5O2. The van der Waals surface area contributed by atoms with Gasteiger partial charge < -0.3 is 15.1 Å². The molecule has 0 bridgehead atoms. The molecule has 0 aromatic rings. The van der Waals surface area contributed by atoms with Gasteiger partial charge in [-0.3, -0.25) is 9.59 Å². The highest BCUT2D eigenvalue weighted by Crippen LogP contribution is 2.06. The minimum Gasteiger partial charge on any atom is -0.389 e. The number of rotatable bonds is 4. The Morgan fingerprint density at radius 1 is 1.20 bits per heavy atom. The van der Waals surface area contributed by atoms with Gasteiger partial charge in [0, 0.05) is 45.8 Å². The van der Waals surface area contributed by atoms with E-state index in [1.807, 2.05) is 12.1 Å². The lowest BCUT2D eigenvalue weighted by Crippen LogP contribution is -2.50. The first kappa shape index (κ1) is 15.5. The van der Waals surface area contributed by atoms with E-state index in [2.05, 4.69) is 5.32 Å². The van der Waals surface area contributed by atoms with E-state index in [0.29, 0.717) is 39.1 Å². The van der Waals surface area contributed by atoms with Crippen molar-refractivity contribution >= 4 is 11.8 Å². The zero-order valence-electron chi connectivity index (χ0n) is 11.4. The van der Waals surface area contributed by atoms with Gasteiger partial charge in [0.15, 0.2) is 0 Å². The molecule has 0 atom stereocenters. The van der Waals surface area contributed by atoms with E-state index in [-0.39, 0.29) is 17.4 Å². The highest BCUT2D eigenvalue weighted by atomic mass is 16.2. The molecule has 1 rings (SSSR count). The van der Waals surface area contributed by atoms with Crippen LogP contribution in [0.5, 0.6) is 0 Å². The Morgan fingerprint density at radius 2 is 1.80 bits per heavy atom. The van der Waals surface area contributed by atoms with E-state index in [9.17, 15) is 9.59 Å². The molecule has 1 saturated heterocycles. The summed E-state index contributed by atoms with van der Waals surface area (Å²) in [7, 11) is 0. The molecule has 0 saturated carbocycles. The highest BCUT2D eigenvalue weighted by molar-refractivity contribution is 5.97. The van der Waals surface area contributed by atoms with Crippen LogP contribution in [0.2, 0.25) is 0 Å². The van der Waals surface area contributed by atoms with Gasteiger partial charge in [0.1, 0.15) is 11.6 Å². The number of carbonyl (C=O) groups excluding carboxylic acids is 2. The number of hydrogen-bond donors (Lipinski definition) is 1. The molecule has 1 N–H and O–H groups in total. The monoisotopic (exact) mass is 275 g/mol. The predicted octanol–water partition coefficient (Wildman–Crippen LogP) is -0.412. The molecule has 0 aliphatic carbocycles. The number of carbonyl (C=O) groups is 2. The minimum absolute atomic E-state index is 0.00804. The minimum atomic E-state index is -0.347. The number of piperazine rings is 1. The average Bonchev–Trinajstić information content (AvgIpc) is 2.47. The van der Waals surface area contributed by atoms with Crippen LogP contribution in [0.1, 0.15) is 13.3 Å². The summed E-state index contributed by atoms with van der Waals surface area (Å²) in [4.78, 5) is 26.5. The van der Waals surface area contributed by atoms with E-state index >= 15 is 0 Å². The van der Waals surface area contributed by atoms with Crippen molar-refractivity contribution in [3.8, 4) is 12.1 Å². The molecule has 2 amide bonds. The fourth-order valence-electron chi connectivity index (χ4n) is 1.84. The average molecular weight is 275 g/mol. The summed E-state index contributed by atoms with van der Waals surface area (Å²) in [5.74, 6) is -0.355. The summed E-state index contributed by atoms with van der Waals surface area (Å²) in [6, 6.07) is 3.81. The summed E-state index contributed by atoms with van der Waals surface area (Å²) in [5.41, 5.74) is 0.0132. The fourth-order valence-corrected chi connectivity index (χ4v) is 1.84. The quantitative estimate of drug-likeness (QED) is 0.427. The van der Waals surface area contributed by atoms with E-state index in [4.69, 9.17) is 10.5 Å². The lowest BCUT2D eigenvalue weighted by molar-refractivity contribution is -0.136. The van der Waals surface area contributed by atoms with Crippen LogP contribution in [-0.2, 0) is 9.59 Å². The molecule has 1 aliphatic heterocycles. The van der Waals surface area contributed by atoms with Crippen LogP contribution >= 0.6 is 0 Å². The van der Waals surface area contributed by atoms with Crippen molar-refractivity contribution in [1.82, 2.24) is 15.1 Å². The summed E-state index contributed by atoms with van der Waals surface area (Å²) in [6.07, 6.45) is 1.65. The predicted molar refractivity (Wildman–Crippen MR) is 70.8 cm³/mol. The Labute approximate surface area is 118 Å². The first-order valence-corrected chi connectivity index (χ1v) is 6.35. The van der Waals surface area contributed by atoms with Crippen molar-refractivity contribution in [2.45, 2.75) is 13.3 Å². The molecule has 7 heteroatoms. The van der Waals surface area contributed by atoms with E-state index in [1.54, 1.807) is 9.80 Å². The second-order valence-corrected chi connectivity index (χ2v) is 4.33. The van der Waals surface area contributed by atoms with Crippen LogP contribution in [-0.4, -0.2) is 54.3 Å². The van der Waals surface area contributed by atoms with Gasteiger partial charge in [-0.2, -0.15) is 10.5 Å². The maximum absolute atomic E-state index is 12.1. The molecule has 0 radical (unpaired) electrons. The van der Waals surface area contributed by atoms with Gasteiger partial charge in [0.2, 0.25) is 5.91 Å². The summed E-state index contributed by atoms with van der Waals surface area (Å²) < 4.78 is 0. The van der Waals surface area contributed by atoms with E-state index in [1.165, 1.54) is 13.1 Å². The number of nitrogens with zero attached hydrogens (tertiary/aromatic N) is 4. The summed E-state index contributed by atoms with van der Waals surface area (Å²) in [6.45, 7) is 3.72. The Kier molecular flexibility index (Phi) is 6.05. The zero-order valence-corrected chi connectivity index (χ0v) is 11.4. The first-order chi connectivity index (χ1) is 9.60. The molecular weight excluding hydrogens is 258 g/mol. The Balaban J connectivity index is 2.54. The van der Waals surface area contributed by atoms with Crippen molar-refractivity contribution in [3.05, 3.63) is 11.8 Å². The normalized spacial score (nSPS) is 15.2. The van der Waals surface area contributed by atoms with Crippen LogP contribution in [0.3, 0.4) is 0 Å². The van der Waals surface area contributed by atoms with Gasteiger partial charge in [-0.1, -0.05) is 0 Å². The first-order valence-electron chi connectivity index (χ1n) is 6.35. The topological polar surface area (TPSA) is 100 Å². The molecule has 7 nitrogen and oxygen atoms in total. The van der Waals surface area contributed by atoms with Crippen molar-refractivity contribution < 1.29 is 9.59 Å². The van der Waals surface area contributed by atoms with Gasteiger partial charge in [0.25, 0.3) is 5.91 Å². The second-order valence-electron chi connectivity index (χ2n) is 4.33. The fraction of sp³-hybridized carbons (Fsp3) is 0.538. The molecule has 1 aliphatic rings. The summed E-state index contributed by atoms with van der Waals surface area (Å²) >= 11 is 0. The van der Waals surface area contributed by atoms with Gasteiger partial charge in [-0.25, -0.2) is 0 Å². The lowest BCUT2D eigenvalue weighted by atomic mass is 10.2. The molecule has 1 heterocycles. The zero-order chi connectivity index (χ0) is 15.0. The standard InChI is InChI=1S/C13H17N5O2/c1-11(19)17-5-7-18(8-6-17)13(20)12(9-15)10-16-4-2-3-14/h10,16H,2,4-8H2,1H3/b12-10-.